The van der Waals surface area contributed by atoms with Crippen LogP contribution < -0.4 is 5.69 Å². The van der Waals surface area contributed by atoms with Gasteiger partial charge in [-0.3, -0.25) is 9.55 Å². The van der Waals surface area contributed by atoms with Gasteiger partial charge in [0.05, 0.1) is 23.1 Å². The molecule has 0 fully saturated rings. The number of rotatable bonds is 3. The van der Waals surface area contributed by atoms with Crippen molar-refractivity contribution in [3.8, 4) is 0 Å². The number of hydrogen-bond acceptors (Lipinski definition) is 3. The molecule has 0 aliphatic carbocycles. The van der Waals surface area contributed by atoms with Gasteiger partial charge < -0.3 is 10.1 Å². The third-order valence-corrected chi connectivity index (χ3v) is 3.49. The minimum absolute atomic E-state index is 0.154. The number of nitrogens with one attached hydrogen (secondary N) is 1. The monoisotopic (exact) mass is 283 g/mol. The molecule has 3 rings (SSSR count). The molecule has 0 amide bonds. The van der Waals surface area contributed by atoms with Gasteiger partial charge in [0, 0.05) is 12.4 Å². The zero-order valence-corrected chi connectivity index (χ0v) is 11.3. The van der Waals surface area contributed by atoms with Gasteiger partial charge in [-0.1, -0.05) is 0 Å². The Labute approximate surface area is 119 Å². The van der Waals surface area contributed by atoms with E-state index in [9.17, 15) is 9.59 Å². The van der Waals surface area contributed by atoms with Gasteiger partial charge in [-0.05, 0) is 42.3 Å². The Bertz CT molecular complexity index is 893. The van der Waals surface area contributed by atoms with Crippen LogP contribution >= 0.6 is 0 Å². The molecule has 3 aromatic rings. The largest absolute Gasteiger partial charge is 0.478 e. The Hall–Kier alpha value is -2.89. The van der Waals surface area contributed by atoms with Gasteiger partial charge in [0.2, 0.25) is 0 Å². The van der Waals surface area contributed by atoms with Crippen LogP contribution in [-0.2, 0) is 6.54 Å². The van der Waals surface area contributed by atoms with E-state index in [1.807, 2.05) is 13.0 Å². The van der Waals surface area contributed by atoms with Crippen molar-refractivity contribution in [2.24, 2.45) is 0 Å². The molecular formula is C15H13N3O3. The molecule has 0 aliphatic rings. The quantitative estimate of drug-likeness (QED) is 0.767. The number of fused-ring (bicyclic) bond motifs is 1. The number of carboxylic acids is 1. The van der Waals surface area contributed by atoms with Gasteiger partial charge >= 0.3 is 11.7 Å². The first kappa shape index (κ1) is 13.1. The number of imidazole rings is 1. The van der Waals surface area contributed by atoms with E-state index in [2.05, 4.69) is 9.97 Å². The van der Waals surface area contributed by atoms with Crippen molar-refractivity contribution in [2.75, 3.05) is 0 Å². The number of carboxylic acid groups (broad SMARTS) is 1. The Morgan fingerprint density at radius 1 is 1.38 bits per heavy atom. The van der Waals surface area contributed by atoms with Crippen LogP contribution in [0.15, 0.2) is 41.5 Å². The van der Waals surface area contributed by atoms with Crippen LogP contribution in [0.4, 0.5) is 0 Å². The van der Waals surface area contributed by atoms with Crippen LogP contribution in [0.5, 0.6) is 0 Å². The summed E-state index contributed by atoms with van der Waals surface area (Å²) in [7, 11) is 0. The van der Waals surface area contributed by atoms with Gasteiger partial charge in [-0.15, -0.1) is 0 Å². The predicted octanol–water partition coefficient (Wildman–Crippen LogP) is 1.78. The number of aromatic carboxylic acids is 1. The van der Waals surface area contributed by atoms with Crippen molar-refractivity contribution >= 4 is 17.0 Å². The molecule has 21 heavy (non-hydrogen) atoms. The standard InChI is InChI=1S/C15H13N3O3/c1-9-7-16-5-4-11(9)8-18-13-6-10(14(19)20)2-3-12(13)17-15(18)21/h2-7H,8H2,1H3,(H,17,21)(H,19,20). The van der Waals surface area contributed by atoms with Crippen LogP contribution in [0.1, 0.15) is 21.5 Å². The van der Waals surface area contributed by atoms with E-state index in [-0.39, 0.29) is 11.3 Å². The first-order valence-corrected chi connectivity index (χ1v) is 6.41. The van der Waals surface area contributed by atoms with E-state index in [0.29, 0.717) is 17.6 Å². The van der Waals surface area contributed by atoms with E-state index < -0.39 is 5.97 Å². The average molecular weight is 283 g/mol. The Morgan fingerprint density at radius 3 is 2.90 bits per heavy atom. The minimum atomic E-state index is -1.02. The van der Waals surface area contributed by atoms with E-state index in [0.717, 1.165) is 11.1 Å². The second-order valence-corrected chi connectivity index (χ2v) is 4.86. The molecule has 0 spiro atoms. The van der Waals surface area contributed by atoms with E-state index in [4.69, 9.17) is 5.11 Å². The molecule has 0 saturated carbocycles. The zero-order chi connectivity index (χ0) is 15.0. The lowest BCUT2D eigenvalue weighted by Gasteiger charge is -2.06. The summed E-state index contributed by atoms with van der Waals surface area (Å²) < 4.78 is 1.53. The topological polar surface area (TPSA) is 88.0 Å². The summed E-state index contributed by atoms with van der Waals surface area (Å²) in [5, 5.41) is 9.07. The molecule has 0 radical (unpaired) electrons. The van der Waals surface area contributed by atoms with Gasteiger partial charge in [0.1, 0.15) is 0 Å². The SMILES string of the molecule is Cc1cnccc1Cn1c(=O)[nH]c2ccc(C(=O)O)cc21. The van der Waals surface area contributed by atoms with E-state index in [1.54, 1.807) is 18.5 Å². The normalized spacial score (nSPS) is 10.9. The molecule has 106 valence electrons. The van der Waals surface area contributed by atoms with Crippen molar-refractivity contribution < 1.29 is 9.90 Å². The first-order valence-electron chi connectivity index (χ1n) is 6.41. The molecular weight excluding hydrogens is 270 g/mol. The van der Waals surface area contributed by atoms with Crippen LogP contribution in [0, 0.1) is 6.92 Å². The number of aromatic nitrogens is 3. The fourth-order valence-electron chi connectivity index (χ4n) is 2.29. The maximum Gasteiger partial charge on any atom is 0.335 e. The number of hydrogen-bond donors (Lipinski definition) is 2. The summed E-state index contributed by atoms with van der Waals surface area (Å²) in [6.07, 6.45) is 3.41. The fourth-order valence-corrected chi connectivity index (χ4v) is 2.29. The highest BCUT2D eigenvalue weighted by molar-refractivity contribution is 5.92. The third kappa shape index (κ3) is 2.31. The summed E-state index contributed by atoms with van der Waals surface area (Å²) in [6.45, 7) is 2.29. The predicted molar refractivity (Wildman–Crippen MR) is 77.6 cm³/mol. The average Bonchev–Trinajstić information content (AvgIpc) is 2.76. The highest BCUT2D eigenvalue weighted by Crippen LogP contribution is 2.15. The highest BCUT2D eigenvalue weighted by atomic mass is 16.4. The lowest BCUT2D eigenvalue weighted by atomic mass is 10.1. The third-order valence-electron chi connectivity index (χ3n) is 3.49. The zero-order valence-electron chi connectivity index (χ0n) is 11.3. The highest BCUT2D eigenvalue weighted by Gasteiger charge is 2.11. The summed E-state index contributed by atoms with van der Waals surface area (Å²) in [5.41, 5.74) is 3.04. The number of benzene rings is 1. The number of pyridine rings is 1. The molecule has 6 nitrogen and oxygen atoms in total. The summed E-state index contributed by atoms with van der Waals surface area (Å²) in [6, 6.07) is 6.44. The molecule has 0 bridgehead atoms. The van der Waals surface area contributed by atoms with E-state index in [1.165, 1.54) is 16.7 Å². The number of carbonyl (C=O) groups is 1. The van der Waals surface area contributed by atoms with Crippen molar-refractivity contribution in [1.82, 2.24) is 14.5 Å². The van der Waals surface area contributed by atoms with Gasteiger partial charge in [0.25, 0.3) is 0 Å². The lowest BCUT2D eigenvalue weighted by molar-refractivity contribution is 0.0697. The van der Waals surface area contributed by atoms with E-state index >= 15 is 0 Å². The van der Waals surface area contributed by atoms with Crippen molar-refractivity contribution in [3.63, 3.8) is 0 Å². The first-order chi connectivity index (χ1) is 10.1. The smallest absolute Gasteiger partial charge is 0.335 e. The number of nitrogens with zero attached hydrogens (tertiary/aromatic N) is 2. The molecule has 2 aromatic heterocycles. The Balaban J connectivity index is 2.15. The number of H-pyrrole nitrogens is 1. The van der Waals surface area contributed by atoms with Crippen molar-refractivity contribution in [3.05, 3.63) is 63.8 Å². The second kappa shape index (κ2) is 4.90. The Kier molecular flexibility index (Phi) is 3.06. The molecule has 2 N–H and O–H groups in total. The van der Waals surface area contributed by atoms with Crippen molar-refractivity contribution in [2.45, 2.75) is 13.5 Å². The summed E-state index contributed by atoms with van der Waals surface area (Å²) in [4.78, 5) is 29.9. The fraction of sp³-hybridized carbons (Fsp3) is 0.133. The molecule has 0 atom stereocenters. The Morgan fingerprint density at radius 2 is 2.19 bits per heavy atom. The molecule has 0 aliphatic heterocycles. The maximum atomic E-state index is 12.1. The van der Waals surface area contributed by atoms with Crippen LogP contribution in [0.3, 0.4) is 0 Å². The number of aryl methyl sites for hydroxylation is 1. The molecule has 0 unspecified atom stereocenters. The molecule has 2 heterocycles. The van der Waals surface area contributed by atoms with Gasteiger partial charge in [0.15, 0.2) is 0 Å². The lowest BCUT2D eigenvalue weighted by Crippen LogP contribution is -2.18. The summed E-state index contributed by atoms with van der Waals surface area (Å²) >= 11 is 0. The molecule has 6 heteroatoms. The number of aromatic amines is 1. The minimum Gasteiger partial charge on any atom is -0.478 e. The van der Waals surface area contributed by atoms with Crippen LogP contribution in [-0.4, -0.2) is 25.6 Å². The molecule has 0 saturated heterocycles. The van der Waals surface area contributed by atoms with Crippen LogP contribution in [0.2, 0.25) is 0 Å². The maximum absolute atomic E-state index is 12.1. The van der Waals surface area contributed by atoms with Gasteiger partial charge in [-0.2, -0.15) is 0 Å². The van der Waals surface area contributed by atoms with Crippen molar-refractivity contribution in [1.29, 1.82) is 0 Å². The molecule has 1 aromatic carbocycles. The van der Waals surface area contributed by atoms with Crippen LogP contribution in [0.25, 0.3) is 11.0 Å². The van der Waals surface area contributed by atoms with Gasteiger partial charge in [-0.25, -0.2) is 9.59 Å². The second-order valence-electron chi connectivity index (χ2n) is 4.86. The summed E-state index contributed by atoms with van der Waals surface area (Å²) in [5.74, 6) is -1.02.